The van der Waals surface area contributed by atoms with Crippen LogP contribution in [0.4, 0.5) is 4.39 Å². The molecule has 0 bridgehead atoms. The number of carbonyl (C=O) groups is 1. The zero-order valence-electron chi connectivity index (χ0n) is 7.06. The highest BCUT2D eigenvalue weighted by molar-refractivity contribution is 5.73. The summed E-state index contributed by atoms with van der Waals surface area (Å²) in [5.41, 5.74) is -0.730. The van der Waals surface area contributed by atoms with Crippen LogP contribution < -0.4 is 0 Å². The van der Waals surface area contributed by atoms with E-state index in [2.05, 4.69) is 0 Å². The van der Waals surface area contributed by atoms with Crippen molar-refractivity contribution in [2.45, 2.75) is 33.1 Å². The second-order valence-corrected chi connectivity index (χ2v) is 3.01. The predicted molar refractivity (Wildman–Crippen MR) is 41.2 cm³/mol. The van der Waals surface area contributed by atoms with Gasteiger partial charge in [0.1, 0.15) is 0 Å². The van der Waals surface area contributed by atoms with Gasteiger partial charge in [0, 0.05) is 0 Å². The summed E-state index contributed by atoms with van der Waals surface area (Å²) in [7, 11) is 0. The summed E-state index contributed by atoms with van der Waals surface area (Å²) in [5.74, 6) is -0.826. The largest absolute Gasteiger partial charge is 0.481 e. The molecule has 0 saturated carbocycles. The summed E-state index contributed by atoms with van der Waals surface area (Å²) in [6.45, 7) is 3.04. The van der Waals surface area contributed by atoms with Gasteiger partial charge in [-0.3, -0.25) is 9.18 Å². The molecule has 2 nitrogen and oxygen atoms in total. The molecule has 0 radical (unpaired) electrons. The van der Waals surface area contributed by atoms with Crippen LogP contribution in [0.25, 0.3) is 0 Å². The standard InChI is InChI=1S/C8H15FO2/c1-3-8(2,7(10)11)5-4-6-9/h3-6H2,1-2H3,(H,10,11). The highest BCUT2D eigenvalue weighted by Gasteiger charge is 2.29. The fourth-order valence-electron chi connectivity index (χ4n) is 0.892. The molecule has 0 aliphatic carbocycles. The SMILES string of the molecule is CCC(C)(CCCF)C(=O)O. The molecule has 0 aromatic heterocycles. The molecular formula is C8H15FO2. The molecule has 0 saturated heterocycles. The molecule has 0 amide bonds. The molecule has 0 aliphatic rings. The molecule has 1 N–H and O–H groups in total. The van der Waals surface area contributed by atoms with E-state index < -0.39 is 18.1 Å². The zero-order chi connectivity index (χ0) is 8.91. The molecule has 0 spiro atoms. The van der Waals surface area contributed by atoms with Gasteiger partial charge in [0.2, 0.25) is 0 Å². The van der Waals surface area contributed by atoms with Gasteiger partial charge in [-0.15, -0.1) is 0 Å². The Morgan fingerprint density at radius 2 is 2.18 bits per heavy atom. The Hall–Kier alpha value is -0.600. The van der Waals surface area contributed by atoms with Crippen molar-refractivity contribution in [2.75, 3.05) is 6.67 Å². The number of aliphatic carboxylic acids is 1. The fourth-order valence-corrected chi connectivity index (χ4v) is 0.892. The van der Waals surface area contributed by atoms with Gasteiger partial charge in [0.25, 0.3) is 0 Å². The van der Waals surface area contributed by atoms with Crippen LogP contribution in [0.1, 0.15) is 33.1 Å². The van der Waals surface area contributed by atoms with E-state index >= 15 is 0 Å². The maximum absolute atomic E-state index is 11.7. The van der Waals surface area contributed by atoms with Crippen LogP contribution in [-0.4, -0.2) is 17.8 Å². The molecule has 0 fully saturated rings. The summed E-state index contributed by atoms with van der Waals surface area (Å²) in [5, 5.41) is 8.74. The smallest absolute Gasteiger partial charge is 0.309 e. The zero-order valence-corrected chi connectivity index (χ0v) is 7.06. The van der Waals surface area contributed by atoms with Crippen LogP contribution in [0, 0.1) is 5.41 Å². The van der Waals surface area contributed by atoms with Crippen molar-refractivity contribution in [1.82, 2.24) is 0 Å². The highest BCUT2D eigenvalue weighted by atomic mass is 19.1. The Labute approximate surface area is 66.4 Å². The maximum Gasteiger partial charge on any atom is 0.309 e. The first-order chi connectivity index (χ1) is 5.06. The number of carboxylic acid groups (broad SMARTS) is 1. The van der Waals surface area contributed by atoms with Crippen LogP contribution in [-0.2, 0) is 4.79 Å². The van der Waals surface area contributed by atoms with Crippen LogP contribution in [0.5, 0.6) is 0 Å². The normalized spacial score (nSPS) is 15.9. The van der Waals surface area contributed by atoms with Gasteiger partial charge in [-0.1, -0.05) is 6.92 Å². The fraction of sp³-hybridized carbons (Fsp3) is 0.875. The Morgan fingerprint density at radius 1 is 1.64 bits per heavy atom. The number of rotatable bonds is 5. The van der Waals surface area contributed by atoms with Gasteiger partial charge in [0.15, 0.2) is 0 Å². The topological polar surface area (TPSA) is 37.3 Å². The maximum atomic E-state index is 11.7. The Bertz CT molecular complexity index is 136. The summed E-state index contributed by atoms with van der Waals surface area (Å²) >= 11 is 0. The number of halogens is 1. The average molecular weight is 162 g/mol. The summed E-state index contributed by atoms with van der Waals surface area (Å²) in [6, 6.07) is 0. The molecule has 0 aliphatic heterocycles. The molecule has 3 heteroatoms. The van der Waals surface area contributed by atoms with Crippen LogP contribution in [0.2, 0.25) is 0 Å². The van der Waals surface area contributed by atoms with E-state index in [4.69, 9.17) is 5.11 Å². The van der Waals surface area contributed by atoms with Crippen molar-refractivity contribution in [3.05, 3.63) is 0 Å². The number of carboxylic acids is 1. The van der Waals surface area contributed by atoms with Crippen molar-refractivity contribution in [1.29, 1.82) is 0 Å². The third-order valence-electron chi connectivity index (χ3n) is 2.16. The molecule has 1 atom stereocenters. The van der Waals surface area contributed by atoms with E-state index in [1.165, 1.54) is 0 Å². The molecule has 66 valence electrons. The molecule has 1 unspecified atom stereocenters. The van der Waals surface area contributed by atoms with Crippen molar-refractivity contribution >= 4 is 5.97 Å². The van der Waals surface area contributed by atoms with Gasteiger partial charge in [0.05, 0.1) is 12.1 Å². The molecule has 0 rings (SSSR count). The summed E-state index contributed by atoms with van der Waals surface area (Å²) in [6.07, 6.45) is 1.33. The Kier molecular flexibility index (Phi) is 4.08. The van der Waals surface area contributed by atoms with E-state index in [1.54, 1.807) is 6.92 Å². The number of hydrogen-bond acceptors (Lipinski definition) is 1. The van der Waals surface area contributed by atoms with E-state index in [1.807, 2.05) is 6.92 Å². The van der Waals surface area contributed by atoms with Gasteiger partial charge in [-0.2, -0.15) is 0 Å². The minimum atomic E-state index is -0.826. The Morgan fingerprint density at radius 3 is 2.45 bits per heavy atom. The van der Waals surface area contributed by atoms with Crippen LogP contribution in [0.3, 0.4) is 0 Å². The van der Waals surface area contributed by atoms with Gasteiger partial charge >= 0.3 is 5.97 Å². The van der Waals surface area contributed by atoms with Crippen molar-refractivity contribution in [3.8, 4) is 0 Å². The van der Waals surface area contributed by atoms with Gasteiger partial charge in [-0.25, -0.2) is 0 Å². The van der Waals surface area contributed by atoms with E-state index in [0.717, 1.165) is 0 Å². The average Bonchev–Trinajstić information content (AvgIpc) is 2.00. The third-order valence-corrected chi connectivity index (χ3v) is 2.16. The van der Waals surface area contributed by atoms with Crippen molar-refractivity contribution < 1.29 is 14.3 Å². The molecular weight excluding hydrogens is 147 g/mol. The van der Waals surface area contributed by atoms with Crippen LogP contribution in [0.15, 0.2) is 0 Å². The second kappa shape index (κ2) is 4.31. The van der Waals surface area contributed by atoms with Crippen molar-refractivity contribution in [3.63, 3.8) is 0 Å². The first-order valence-corrected chi connectivity index (χ1v) is 3.86. The number of alkyl halides is 1. The van der Waals surface area contributed by atoms with Crippen molar-refractivity contribution in [2.24, 2.45) is 5.41 Å². The van der Waals surface area contributed by atoms with E-state index in [-0.39, 0.29) is 0 Å². The first-order valence-electron chi connectivity index (χ1n) is 3.86. The monoisotopic (exact) mass is 162 g/mol. The quantitative estimate of drug-likeness (QED) is 0.673. The molecule has 0 heterocycles. The van der Waals surface area contributed by atoms with Crippen LogP contribution >= 0.6 is 0 Å². The molecule has 0 aromatic rings. The summed E-state index contributed by atoms with van der Waals surface area (Å²) in [4.78, 5) is 10.6. The van der Waals surface area contributed by atoms with Gasteiger partial charge in [-0.05, 0) is 26.2 Å². The second-order valence-electron chi connectivity index (χ2n) is 3.01. The molecule has 0 aromatic carbocycles. The molecule has 11 heavy (non-hydrogen) atoms. The summed E-state index contributed by atoms with van der Waals surface area (Å²) < 4.78 is 11.7. The lowest BCUT2D eigenvalue weighted by Crippen LogP contribution is -2.26. The predicted octanol–water partition coefficient (Wildman–Crippen LogP) is 2.24. The lowest BCUT2D eigenvalue weighted by molar-refractivity contribution is -0.148. The van der Waals surface area contributed by atoms with E-state index in [9.17, 15) is 9.18 Å². The lowest BCUT2D eigenvalue weighted by atomic mass is 9.83. The minimum Gasteiger partial charge on any atom is -0.481 e. The van der Waals surface area contributed by atoms with E-state index in [0.29, 0.717) is 19.3 Å². The number of hydrogen-bond donors (Lipinski definition) is 1. The Balaban J connectivity index is 3.99. The first kappa shape index (κ1) is 10.4. The third kappa shape index (κ3) is 2.87. The highest BCUT2D eigenvalue weighted by Crippen LogP contribution is 2.27. The lowest BCUT2D eigenvalue weighted by Gasteiger charge is -2.21. The minimum absolute atomic E-state index is 0.344. The van der Waals surface area contributed by atoms with Gasteiger partial charge < -0.3 is 5.11 Å².